The van der Waals surface area contributed by atoms with Gasteiger partial charge in [0.1, 0.15) is 24.1 Å². The smallest absolute Gasteiger partial charge is 0.139 e. The van der Waals surface area contributed by atoms with E-state index in [0.717, 1.165) is 18.7 Å². The number of hydrogen-bond donors (Lipinski definition) is 6. The van der Waals surface area contributed by atoms with Crippen LogP contribution in [0.1, 0.15) is 41.6 Å². The lowest BCUT2D eigenvalue weighted by Crippen LogP contribution is -2.36. The number of carbonyl (C=O) groups excluding carboxylic acids is 1. The van der Waals surface area contributed by atoms with Crippen molar-refractivity contribution in [2.24, 2.45) is 17.2 Å². The third kappa shape index (κ3) is 34.2. The molecule has 1 rings (SSSR count). The van der Waals surface area contributed by atoms with Gasteiger partial charge >= 0.3 is 0 Å². The summed E-state index contributed by atoms with van der Waals surface area (Å²) in [6.45, 7) is 11.7. The van der Waals surface area contributed by atoms with Gasteiger partial charge in [0.05, 0.1) is 12.6 Å². The summed E-state index contributed by atoms with van der Waals surface area (Å²) in [5.41, 5.74) is 16.3. The summed E-state index contributed by atoms with van der Waals surface area (Å²) < 4.78 is 4.54. The molecule has 1 aromatic carbocycles. The Morgan fingerprint density at radius 2 is 1.62 bits per heavy atom. The third-order valence-corrected chi connectivity index (χ3v) is 3.07. The van der Waals surface area contributed by atoms with Crippen molar-refractivity contribution >= 4 is 18.0 Å². The van der Waals surface area contributed by atoms with Crippen molar-refractivity contribution in [2.45, 2.75) is 46.8 Å². The molecule has 12 heteroatoms. The van der Waals surface area contributed by atoms with Crippen molar-refractivity contribution in [3.63, 3.8) is 0 Å². The van der Waals surface area contributed by atoms with Crippen molar-refractivity contribution in [1.29, 1.82) is 10.8 Å². The summed E-state index contributed by atoms with van der Waals surface area (Å²) >= 11 is 0. The van der Waals surface area contributed by atoms with E-state index < -0.39 is 6.04 Å². The molecule has 0 saturated carbocycles. The first-order valence-corrected chi connectivity index (χ1v) is 10.6. The quantitative estimate of drug-likeness (QED) is 0.113. The second-order valence-electron chi connectivity index (χ2n) is 5.69. The molecule has 0 amide bonds. The Bertz CT molecular complexity index is 558. The topological polar surface area (TPSA) is 240 Å². The summed E-state index contributed by atoms with van der Waals surface area (Å²) in [6, 6.07) is 8.77. The van der Waals surface area contributed by atoms with Gasteiger partial charge in [-0.15, -0.1) is 0 Å². The molecule has 0 radical (unpaired) electrons. The predicted molar refractivity (Wildman–Crippen MR) is 144 cm³/mol. The summed E-state index contributed by atoms with van der Waals surface area (Å²) in [5.74, 6) is 0.168. The zero-order chi connectivity index (χ0) is 25.9. The Morgan fingerprint density at radius 3 is 1.88 bits per heavy atom. The Labute approximate surface area is 207 Å². The number of nitrogens with one attached hydrogen (secondary N) is 3. The van der Waals surface area contributed by atoms with Crippen molar-refractivity contribution < 1.29 is 26.7 Å². The van der Waals surface area contributed by atoms with E-state index in [1.165, 1.54) is 7.11 Å². The standard InChI is InChI=1S/C7H18N4O.C7H8N2.C4H9NO2.2C2H6.2H2O.H2/c1-6(7(8)9)12-11(3)5-4-10-2;8-7(9)6-4-2-1-3-5-6;1-7-3-4(5)2-6;2*1-2;;;/h6,10H,4-5H2,1-3H3,(H3,8,9);1-5H,(H3,8,9);2,4H,3,5H2,1H3;2*1-2H3;2*1H2;1H/t;;4-;;;;;/m..0...../s1. The number of hydroxylamine groups is 2. The largest absolute Gasteiger partial charge is 0.412 e. The van der Waals surface area contributed by atoms with E-state index >= 15 is 0 Å². The molecule has 0 saturated heterocycles. The minimum absolute atomic E-state index is 0. The number of nitrogens with zero attached hydrogens (tertiary/aromatic N) is 1. The zero-order valence-corrected chi connectivity index (χ0v) is 22.1. The number of ether oxygens (including phenoxy) is 1. The first kappa shape index (κ1) is 45.1. The number of amidine groups is 2. The van der Waals surface area contributed by atoms with Crippen LogP contribution in [0.2, 0.25) is 0 Å². The van der Waals surface area contributed by atoms with Gasteiger partial charge in [-0.1, -0.05) is 58.0 Å². The zero-order valence-electron chi connectivity index (χ0n) is 22.1. The third-order valence-electron chi connectivity index (χ3n) is 3.07. The molecular formula is C22H53N7O5. The number of benzene rings is 1. The number of carbonyl (C=O) groups is 1. The number of nitrogens with two attached hydrogens (primary N) is 3. The fraction of sp³-hybridized carbons (Fsp3) is 0.591. The van der Waals surface area contributed by atoms with Crippen LogP contribution in [0.4, 0.5) is 0 Å². The van der Waals surface area contributed by atoms with E-state index in [-0.39, 0.29) is 30.2 Å². The average Bonchev–Trinajstić information content (AvgIpc) is 2.81. The highest BCUT2D eigenvalue weighted by atomic mass is 16.7. The van der Waals surface area contributed by atoms with Gasteiger partial charge < -0.3 is 43.0 Å². The molecule has 34 heavy (non-hydrogen) atoms. The first-order valence-electron chi connectivity index (χ1n) is 10.6. The van der Waals surface area contributed by atoms with E-state index in [1.807, 2.05) is 72.1 Å². The van der Waals surface area contributed by atoms with Crippen LogP contribution in [-0.2, 0) is 14.4 Å². The van der Waals surface area contributed by atoms with Gasteiger partial charge in [0.25, 0.3) is 0 Å². The molecule has 0 aliphatic rings. The Hall–Kier alpha value is -2.45. The van der Waals surface area contributed by atoms with Crippen molar-refractivity contribution in [3.8, 4) is 0 Å². The number of methoxy groups -OCH3 is 1. The normalized spacial score (nSPS) is 10.2. The van der Waals surface area contributed by atoms with Crippen LogP contribution in [0.5, 0.6) is 0 Å². The maximum absolute atomic E-state index is 9.69. The molecule has 206 valence electrons. The van der Waals surface area contributed by atoms with Crippen LogP contribution in [0, 0.1) is 10.8 Å². The molecule has 0 bridgehead atoms. The first-order chi connectivity index (χ1) is 15.2. The number of hydrogen-bond acceptors (Lipinski definition) is 8. The fourth-order valence-corrected chi connectivity index (χ4v) is 1.50. The number of nitrogen functional groups attached to an aromatic ring is 1. The van der Waals surface area contributed by atoms with Gasteiger partial charge in [0, 0.05) is 34.2 Å². The molecule has 1 aromatic rings. The molecule has 2 atom stereocenters. The van der Waals surface area contributed by atoms with Gasteiger partial charge in [0.2, 0.25) is 0 Å². The van der Waals surface area contributed by atoms with Gasteiger partial charge in [-0.2, -0.15) is 5.06 Å². The van der Waals surface area contributed by atoms with Crippen molar-refractivity contribution in [1.82, 2.24) is 10.4 Å². The second-order valence-corrected chi connectivity index (χ2v) is 5.69. The summed E-state index contributed by atoms with van der Waals surface area (Å²) in [4.78, 5) is 14.9. The SMILES string of the molecule is CC.CC.CNCCN(C)OC(C)C(=N)N.COC[C@@H](N)C=O.N=C(N)c1ccccc1.O.O.[HH]. The lowest BCUT2D eigenvalue weighted by Gasteiger charge is -2.20. The highest BCUT2D eigenvalue weighted by Crippen LogP contribution is 1.95. The fourth-order valence-electron chi connectivity index (χ4n) is 1.50. The maximum Gasteiger partial charge on any atom is 0.139 e. The molecule has 0 aliphatic heterocycles. The Kier molecular flexibility index (Phi) is 46.6. The number of aldehydes is 1. The van der Waals surface area contributed by atoms with E-state index in [2.05, 4.69) is 10.1 Å². The van der Waals surface area contributed by atoms with Crippen LogP contribution < -0.4 is 22.5 Å². The van der Waals surface area contributed by atoms with Gasteiger partial charge in [0.15, 0.2) is 0 Å². The highest BCUT2D eigenvalue weighted by molar-refractivity contribution is 5.94. The monoisotopic (exact) mass is 495 g/mol. The minimum Gasteiger partial charge on any atom is -0.412 e. The molecule has 0 aromatic heterocycles. The maximum atomic E-state index is 9.69. The van der Waals surface area contributed by atoms with Gasteiger partial charge in [-0.05, 0) is 14.0 Å². The number of rotatable bonds is 10. The van der Waals surface area contributed by atoms with E-state index in [1.54, 1.807) is 12.0 Å². The number of likely N-dealkylation sites (N-methyl/N-ethyl adjacent to an activating group) is 2. The molecular weight excluding hydrogens is 442 g/mol. The van der Waals surface area contributed by atoms with Crippen LogP contribution in [0.25, 0.3) is 0 Å². The van der Waals surface area contributed by atoms with Gasteiger partial charge in [-0.25, -0.2) is 0 Å². The summed E-state index contributed by atoms with van der Waals surface area (Å²) in [5, 5.41) is 18.8. The van der Waals surface area contributed by atoms with Gasteiger partial charge in [-0.3, -0.25) is 15.7 Å². The molecule has 0 fully saturated rings. The van der Waals surface area contributed by atoms with Crippen molar-refractivity contribution in [3.05, 3.63) is 35.9 Å². The summed E-state index contributed by atoms with van der Waals surface area (Å²) in [6.07, 6.45) is 0.315. The molecule has 0 spiro atoms. The van der Waals surface area contributed by atoms with Crippen LogP contribution in [-0.4, -0.2) is 87.0 Å². The Balaban J connectivity index is -0.0000000616. The van der Waals surface area contributed by atoms with E-state index in [4.69, 9.17) is 32.9 Å². The lowest BCUT2D eigenvalue weighted by atomic mass is 10.2. The molecule has 1 unspecified atom stereocenters. The lowest BCUT2D eigenvalue weighted by molar-refractivity contribution is -0.153. The van der Waals surface area contributed by atoms with E-state index in [0.29, 0.717) is 12.9 Å². The molecule has 13 N–H and O–H groups in total. The summed E-state index contributed by atoms with van der Waals surface area (Å²) in [7, 11) is 5.20. The molecule has 0 aliphatic carbocycles. The van der Waals surface area contributed by atoms with Crippen molar-refractivity contribution in [2.75, 3.05) is 40.9 Å². The molecule has 12 nitrogen and oxygen atoms in total. The van der Waals surface area contributed by atoms with Crippen LogP contribution in [0.3, 0.4) is 0 Å². The average molecular weight is 496 g/mol. The second kappa shape index (κ2) is 35.1. The van der Waals surface area contributed by atoms with Crippen LogP contribution in [0.15, 0.2) is 30.3 Å². The highest BCUT2D eigenvalue weighted by Gasteiger charge is 2.08. The molecule has 0 heterocycles. The predicted octanol–water partition coefficient (Wildman–Crippen LogP) is 0.172. The van der Waals surface area contributed by atoms with Crippen LogP contribution >= 0.6 is 0 Å². The Morgan fingerprint density at radius 1 is 1.15 bits per heavy atom. The van der Waals surface area contributed by atoms with E-state index in [9.17, 15) is 4.79 Å². The minimum atomic E-state index is -0.454.